The number of carbonyl (C=O) groups is 2. The summed E-state index contributed by atoms with van der Waals surface area (Å²) >= 11 is 3.91. The van der Waals surface area contributed by atoms with Gasteiger partial charge >= 0.3 is 5.97 Å². The van der Waals surface area contributed by atoms with Crippen molar-refractivity contribution < 1.29 is 23.8 Å². The normalized spacial score (nSPS) is 31.3. The lowest BCUT2D eigenvalue weighted by atomic mass is 9.49. The third-order valence-corrected chi connectivity index (χ3v) is 7.51. The van der Waals surface area contributed by atoms with Gasteiger partial charge < -0.3 is 19.5 Å². The predicted molar refractivity (Wildman–Crippen MR) is 117 cm³/mol. The first-order valence-electron chi connectivity index (χ1n) is 10.9. The van der Waals surface area contributed by atoms with Crippen LogP contribution in [0.5, 0.6) is 11.5 Å². The Kier molecular flexibility index (Phi) is 6.02. The fourth-order valence-corrected chi connectivity index (χ4v) is 7.45. The van der Waals surface area contributed by atoms with Gasteiger partial charge in [0, 0.05) is 16.1 Å². The lowest BCUT2D eigenvalue weighted by Gasteiger charge is -2.58. The van der Waals surface area contributed by atoms with Gasteiger partial charge in [0.25, 0.3) is 5.91 Å². The van der Waals surface area contributed by atoms with Gasteiger partial charge in [0.1, 0.15) is 0 Å². The zero-order chi connectivity index (χ0) is 21.4. The minimum Gasteiger partial charge on any atom is -0.490 e. The number of hydrogen-bond donors (Lipinski definition) is 1. The SMILES string of the molecule is CCOc1ccc(NC(=O)COC(=O)C23CC4CC(CC(Br)(C4)C2)C3)cc1OCC. The largest absolute Gasteiger partial charge is 0.490 e. The van der Waals surface area contributed by atoms with Gasteiger partial charge in [-0.3, -0.25) is 9.59 Å². The van der Waals surface area contributed by atoms with Crippen LogP contribution in [-0.2, 0) is 14.3 Å². The molecule has 0 radical (unpaired) electrons. The molecular formula is C23H30BrNO5. The molecule has 4 bridgehead atoms. The van der Waals surface area contributed by atoms with Crippen molar-refractivity contribution in [2.75, 3.05) is 25.1 Å². The molecule has 0 saturated heterocycles. The Labute approximate surface area is 186 Å². The van der Waals surface area contributed by atoms with Crippen LogP contribution < -0.4 is 14.8 Å². The summed E-state index contributed by atoms with van der Waals surface area (Å²) in [7, 11) is 0. The summed E-state index contributed by atoms with van der Waals surface area (Å²) in [5.41, 5.74) is 0.159. The second kappa shape index (κ2) is 8.40. The van der Waals surface area contributed by atoms with Gasteiger partial charge in [-0.15, -0.1) is 0 Å². The highest BCUT2D eigenvalue weighted by Crippen LogP contribution is 2.64. The number of ether oxygens (including phenoxy) is 3. The van der Waals surface area contributed by atoms with Crippen LogP contribution in [0.3, 0.4) is 0 Å². The topological polar surface area (TPSA) is 73.9 Å². The lowest BCUT2D eigenvalue weighted by molar-refractivity contribution is -0.170. The Bertz CT molecular complexity index is 812. The van der Waals surface area contributed by atoms with Crippen molar-refractivity contribution in [3.05, 3.63) is 18.2 Å². The van der Waals surface area contributed by atoms with Crippen molar-refractivity contribution in [3.63, 3.8) is 0 Å². The van der Waals surface area contributed by atoms with Gasteiger partial charge in [-0.25, -0.2) is 0 Å². The van der Waals surface area contributed by atoms with Crippen LogP contribution in [0.15, 0.2) is 18.2 Å². The number of amides is 1. The van der Waals surface area contributed by atoms with Crippen molar-refractivity contribution in [1.29, 1.82) is 0 Å². The lowest BCUT2D eigenvalue weighted by Crippen LogP contribution is -2.56. The second-order valence-electron chi connectivity index (χ2n) is 9.04. The standard InChI is InChI=1S/C23H30BrNO5/c1-3-28-18-6-5-17(8-19(18)29-4-2)25-20(26)13-30-21(27)22-9-15-7-16(10-22)12-23(24,11-15)14-22/h5-6,8,15-16H,3-4,7,9-14H2,1-2H3,(H,25,26). The molecule has 164 valence electrons. The predicted octanol–water partition coefficient (Wildman–Crippen LogP) is 4.70. The van der Waals surface area contributed by atoms with Crippen LogP contribution in [0.25, 0.3) is 0 Å². The minimum atomic E-state index is -0.421. The van der Waals surface area contributed by atoms with Gasteiger partial charge in [0.2, 0.25) is 0 Å². The molecular weight excluding hydrogens is 450 g/mol. The van der Waals surface area contributed by atoms with Crippen molar-refractivity contribution in [3.8, 4) is 11.5 Å². The minimum absolute atomic E-state index is 0.0797. The maximum atomic E-state index is 13.0. The number of alkyl halides is 1. The Morgan fingerprint density at radius 1 is 1.07 bits per heavy atom. The van der Waals surface area contributed by atoms with E-state index in [-0.39, 0.29) is 22.8 Å². The summed E-state index contributed by atoms with van der Waals surface area (Å²) < 4.78 is 16.7. The molecule has 30 heavy (non-hydrogen) atoms. The monoisotopic (exact) mass is 479 g/mol. The van der Waals surface area contributed by atoms with E-state index in [1.807, 2.05) is 13.8 Å². The number of rotatable bonds is 8. The van der Waals surface area contributed by atoms with E-state index in [9.17, 15) is 9.59 Å². The zero-order valence-corrected chi connectivity index (χ0v) is 19.3. The molecule has 7 heteroatoms. The highest BCUT2D eigenvalue weighted by molar-refractivity contribution is 9.10. The second-order valence-corrected chi connectivity index (χ2v) is 10.7. The Morgan fingerprint density at radius 2 is 1.73 bits per heavy atom. The molecule has 4 aliphatic rings. The molecule has 4 saturated carbocycles. The summed E-state index contributed by atoms with van der Waals surface area (Å²) in [6.07, 6.45) is 6.15. The maximum absolute atomic E-state index is 13.0. The third-order valence-electron chi connectivity index (χ3n) is 6.58. The van der Waals surface area contributed by atoms with Crippen molar-refractivity contribution in [1.82, 2.24) is 0 Å². The van der Waals surface area contributed by atoms with Crippen LogP contribution in [0.2, 0.25) is 0 Å². The smallest absolute Gasteiger partial charge is 0.312 e. The average Bonchev–Trinajstić information content (AvgIpc) is 2.66. The van der Waals surface area contributed by atoms with Crippen LogP contribution in [-0.4, -0.2) is 36.0 Å². The first-order chi connectivity index (χ1) is 14.3. The molecule has 4 fully saturated rings. The molecule has 2 atom stereocenters. The molecule has 1 aromatic rings. The summed E-state index contributed by atoms with van der Waals surface area (Å²) in [6, 6.07) is 5.24. The number of nitrogens with one attached hydrogen (secondary N) is 1. The molecule has 0 heterocycles. The Hall–Kier alpha value is -1.76. The first-order valence-corrected chi connectivity index (χ1v) is 11.7. The number of hydrogen-bond acceptors (Lipinski definition) is 5. The fraction of sp³-hybridized carbons (Fsp3) is 0.652. The quantitative estimate of drug-likeness (QED) is 0.432. The molecule has 5 rings (SSSR count). The van der Waals surface area contributed by atoms with E-state index in [0.717, 1.165) is 32.1 Å². The highest BCUT2D eigenvalue weighted by atomic mass is 79.9. The zero-order valence-electron chi connectivity index (χ0n) is 17.7. The van der Waals surface area contributed by atoms with E-state index in [1.54, 1.807) is 18.2 Å². The fourth-order valence-electron chi connectivity index (χ4n) is 6.00. The van der Waals surface area contributed by atoms with Crippen LogP contribution >= 0.6 is 15.9 Å². The number of carbonyl (C=O) groups excluding carboxylic acids is 2. The molecule has 2 unspecified atom stereocenters. The average molecular weight is 480 g/mol. The van der Waals surface area contributed by atoms with E-state index in [0.29, 0.717) is 42.2 Å². The molecule has 6 nitrogen and oxygen atoms in total. The van der Waals surface area contributed by atoms with Gasteiger partial charge in [-0.2, -0.15) is 0 Å². The molecule has 0 spiro atoms. The van der Waals surface area contributed by atoms with Gasteiger partial charge in [-0.05, 0) is 76.3 Å². The van der Waals surface area contributed by atoms with Crippen molar-refractivity contribution in [2.24, 2.45) is 17.3 Å². The molecule has 1 amide bonds. The van der Waals surface area contributed by atoms with E-state index in [4.69, 9.17) is 14.2 Å². The van der Waals surface area contributed by atoms with Crippen LogP contribution in [0, 0.1) is 17.3 Å². The van der Waals surface area contributed by atoms with Crippen LogP contribution in [0.1, 0.15) is 52.4 Å². The number of benzene rings is 1. The van der Waals surface area contributed by atoms with E-state index >= 15 is 0 Å². The molecule has 1 N–H and O–H groups in total. The Balaban J connectivity index is 1.35. The van der Waals surface area contributed by atoms with Crippen molar-refractivity contribution in [2.45, 2.75) is 56.7 Å². The maximum Gasteiger partial charge on any atom is 0.312 e. The van der Waals surface area contributed by atoms with E-state index in [2.05, 4.69) is 21.2 Å². The third kappa shape index (κ3) is 4.32. The molecule has 0 aliphatic heterocycles. The summed E-state index contributed by atoms with van der Waals surface area (Å²) in [5.74, 6) is 1.82. The van der Waals surface area contributed by atoms with Gasteiger partial charge in [0.15, 0.2) is 18.1 Å². The van der Waals surface area contributed by atoms with E-state index < -0.39 is 5.41 Å². The molecule has 1 aromatic carbocycles. The molecule has 4 aliphatic carbocycles. The summed E-state index contributed by atoms with van der Waals surface area (Å²) in [5, 5.41) is 2.79. The van der Waals surface area contributed by atoms with Gasteiger partial charge in [0.05, 0.1) is 18.6 Å². The summed E-state index contributed by atoms with van der Waals surface area (Å²) in [6.45, 7) is 4.54. The summed E-state index contributed by atoms with van der Waals surface area (Å²) in [4.78, 5) is 25.4. The van der Waals surface area contributed by atoms with Crippen molar-refractivity contribution >= 4 is 33.5 Å². The first kappa shape index (κ1) is 21.5. The number of halogens is 1. The number of esters is 1. The van der Waals surface area contributed by atoms with Crippen LogP contribution in [0.4, 0.5) is 5.69 Å². The number of anilines is 1. The highest BCUT2D eigenvalue weighted by Gasteiger charge is 2.60. The molecule has 0 aromatic heterocycles. The Morgan fingerprint density at radius 3 is 2.37 bits per heavy atom. The van der Waals surface area contributed by atoms with E-state index in [1.165, 1.54) is 6.42 Å². The van der Waals surface area contributed by atoms with Gasteiger partial charge in [-0.1, -0.05) is 15.9 Å².